The molecule has 1 atom stereocenters. The van der Waals surface area contributed by atoms with E-state index in [9.17, 15) is 24.6 Å². The number of phenols is 1. The standard InChI is InChI=1S/C26H31ClN4O5/c1-16-13-17(14-20(27)22(16)32)15-26(2,23(33)34)29-25(36)30-10-8-19(9-11-30)31-12-7-18-5-3-4-6-21(18)28-24(31)35/h3-6,13-14,19,32H,7-12,15H2,1-2H3,(H,28,35)(H,29,36)(H,33,34). The first-order valence-corrected chi connectivity index (χ1v) is 12.4. The van der Waals surface area contributed by atoms with Crippen LogP contribution in [0.3, 0.4) is 0 Å². The molecule has 2 aromatic rings. The fraction of sp³-hybridized carbons (Fsp3) is 0.423. The molecule has 1 saturated heterocycles. The highest BCUT2D eigenvalue weighted by atomic mass is 35.5. The SMILES string of the molecule is Cc1cc(CC(C)(NC(=O)N2CCC(N3CCc4ccccc4NC3=O)CC2)C(=O)O)cc(Cl)c1O. The first-order valence-electron chi connectivity index (χ1n) is 12.0. The van der Waals surface area contributed by atoms with Crippen molar-refractivity contribution in [2.75, 3.05) is 25.0 Å². The average molecular weight is 515 g/mol. The molecule has 0 aliphatic carbocycles. The van der Waals surface area contributed by atoms with Gasteiger partial charge in [-0.1, -0.05) is 35.9 Å². The number of likely N-dealkylation sites (tertiary alicyclic amines) is 1. The van der Waals surface area contributed by atoms with Gasteiger partial charge < -0.3 is 30.6 Å². The number of para-hydroxylation sites is 1. The molecule has 0 spiro atoms. The molecule has 4 amide bonds. The minimum Gasteiger partial charge on any atom is -0.506 e. The number of hydrogen-bond donors (Lipinski definition) is 4. The molecule has 4 rings (SSSR count). The molecule has 2 aliphatic rings. The summed E-state index contributed by atoms with van der Waals surface area (Å²) in [6.45, 7) is 4.55. The van der Waals surface area contributed by atoms with Crippen LogP contribution in [0.5, 0.6) is 5.75 Å². The third kappa shape index (κ3) is 5.36. The van der Waals surface area contributed by atoms with Crippen LogP contribution in [0, 0.1) is 6.92 Å². The Morgan fingerprint density at radius 2 is 1.89 bits per heavy atom. The number of hydrogen-bond acceptors (Lipinski definition) is 4. The minimum atomic E-state index is -1.57. The number of amides is 4. The fourth-order valence-corrected chi connectivity index (χ4v) is 5.21. The van der Waals surface area contributed by atoms with Crippen LogP contribution in [0.4, 0.5) is 15.3 Å². The van der Waals surface area contributed by atoms with E-state index in [1.165, 1.54) is 13.0 Å². The number of anilines is 1. The molecule has 0 aromatic heterocycles. The van der Waals surface area contributed by atoms with Crippen LogP contribution in [0.25, 0.3) is 0 Å². The van der Waals surface area contributed by atoms with E-state index >= 15 is 0 Å². The quantitative estimate of drug-likeness (QED) is 0.480. The second-order valence-electron chi connectivity index (χ2n) is 9.74. The summed E-state index contributed by atoms with van der Waals surface area (Å²) in [5.74, 6) is -1.22. The summed E-state index contributed by atoms with van der Waals surface area (Å²) in [4.78, 5) is 41.4. The van der Waals surface area contributed by atoms with Gasteiger partial charge in [0.1, 0.15) is 11.3 Å². The summed E-state index contributed by atoms with van der Waals surface area (Å²) in [6.07, 6.45) is 1.97. The van der Waals surface area contributed by atoms with Crippen LogP contribution in [0.2, 0.25) is 5.02 Å². The number of phenolic OH excluding ortho intramolecular Hbond substituents is 1. The summed E-state index contributed by atoms with van der Waals surface area (Å²) in [7, 11) is 0. The minimum absolute atomic E-state index is 0.000112. The number of halogens is 1. The largest absolute Gasteiger partial charge is 0.506 e. The van der Waals surface area contributed by atoms with Gasteiger partial charge in [0.2, 0.25) is 0 Å². The Morgan fingerprint density at radius 3 is 2.56 bits per heavy atom. The Kier molecular flexibility index (Phi) is 7.31. The molecule has 36 heavy (non-hydrogen) atoms. The Morgan fingerprint density at radius 1 is 1.19 bits per heavy atom. The van der Waals surface area contributed by atoms with Crippen molar-refractivity contribution in [1.82, 2.24) is 15.1 Å². The van der Waals surface area contributed by atoms with E-state index in [-0.39, 0.29) is 29.3 Å². The number of rotatable bonds is 5. The molecular formula is C26H31ClN4O5. The molecule has 0 saturated carbocycles. The number of aliphatic carboxylic acids is 1. The lowest BCUT2D eigenvalue weighted by molar-refractivity contribution is -0.143. The number of aromatic hydroxyl groups is 1. The van der Waals surface area contributed by atoms with Gasteiger partial charge in [-0.05, 0) is 61.9 Å². The number of benzene rings is 2. The lowest BCUT2D eigenvalue weighted by atomic mass is 9.92. The van der Waals surface area contributed by atoms with E-state index in [1.807, 2.05) is 29.2 Å². The third-order valence-corrected chi connectivity index (χ3v) is 7.35. The lowest BCUT2D eigenvalue weighted by Gasteiger charge is -2.39. The Hall–Kier alpha value is -3.46. The summed E-state index contributed by atoms with van der Waals surface area (Å²) in [6, 6.07) is 10.3. The van der Waals surface area contributed by atoms with Gasteiger partial charge in [0.15, 0.2) is 0 Å². The lowest BCUT2D eigenvalue weighted by Crippen LogP contribution is -2.59. The van der Waals surface area contributed by atoms with Crippen LogP contribution < -0.4 is 10.6 Å². The third-order valence-electron chi connectivity index (χ3n) is 7.06. The normalized spacial score (nSPS) is 18.0. The predicted octanol–water partition coefficient (Wildman–Crippen LogP) is 4.00. The number of aryl methyl sites for hydroxylation is 1. The number of fused-ring (bicyclic) bond motifs is 1. The number of carboxylic acids is 1. The van der Waals surface area contributed by atoms with Gasteiger partial charge in [-0.3, -0.25) is 0 Å². The predicted molar refractivity (Wildman–Crippen MR) is 137 cm³/mol. The summed E-state index contributed by atoms with van der Waals surface area (Å²) in [5.41, 5.74) is 1.48. The smallest absolute Gasteiger partial charge is 0.329 e. The Balaban J connectivity index is 1.37. The summed E-state index contributed by atoms with van der Waals surface area (Å²) >= 11 is 6.05. The van der Waals surface area contributed by atoms with Gasteiger partial charge in [-0.25, -0.2) is 14.4 Å². The second kappa shape index (κ2) is 10.3. The zero-order chi connectivity index (χ0) is 26.0. The molecular weight excluding hydrogens is 484 g/mol. The van der Waals surface area contributed by atoms with Gasteiger partial charge in [-0.2, -0.15) is 0 Å². The molecule has 9 nitrogen and oxygen atoms in total. The molecule has 4 N–H and O–H groups in total. The summed E-state index contributed by atoms with van der Waals surface area (Å²) in [5, 5.41) is 25.6. The number of carboxylic acid groups (broad SMARTS) is 1. The first-order chi connectivity index (χ1) is 17.1. The van der Waals surface area contributed by atoms with Crippen LogP contribution in [-0.4, -0.2) is 69.3 Å². The fourth-order valence-electron chi connectivity index (χ4n) is 4.92. The maximum Gasteiger partial charge on any atom is 0.329 e. The highest BCUT2D eigenvalue weighted by Crippen LogP contribution is 2.30. The topological polar surface area (TPSA) is 122 Å². The van der Waals surface area contributed by atoms with Crippen LogP contribution in [0.15, 0.2) is 36.4 Å². The highest BCUT2D eigenvalue weighted by molar-refractivity contribution is 6.32. The van der Waals surface area contributed by atoms with Gasteiger partial charge in [-0.15, -0.1) is 0 Å². The van der Waals surface area contributed by atoms with Crippen molar-refractivity contribution in [3.05, 3.63) is 58.1 Å². The van der Waals surface area contributed by atoms with E-state index in [0.717, 1.165) is 17.7 Å². The van der Waals surface area contributed by atoms with Gasteiger partial charge >= 0.3 is 18.0 Å². The van der Waals surface area contributed by atoms with E-state index < -0.39 is 17.5 Å². The van der Waals surface area contributed by atoms with Crippen molar-refractivity contribution in [2.24, 2.45) is 0 Å². The van der Waals surface area contributed by atoms with Gasteiger partial charge in [0.05, 0.1) is 5.02 Å². The molecule has 10 heteroatoms. The maximum absolute atomic E-state index is 13.0. The molecule has 2 aromatic carbocycles. The molecule has 1 fully saturated rings. The van der Waals surface area contributed by atoms with Crippen molar-refractivity contribution < 1.29 is 24.6 Å². The Labute approximate surface area is 215 Å². The number of urea groups is 2. The van der Waals surface area contributed by atoms with Crippen molar-refractivity contribution in [1.29, 1.82) is 0 Å². The molecule has 2 heterocycles. The van der Waals surface area contributed by atoms with Crippen molar-refractivity contribution in [2.45, 2.75) is 51.1 Å². The monoisotopic (exact) mass is 514 g/mol. The van der Waals surface area contributed by atoms with Crippen molar-refractivity contribution in [3.63, 3.8) is 0 Å². The van der Waals surface area contributed by atoms with E-state index in [4.69, 9.17) is 11.6 Å². The number of nitrogens with one attached hydrogen (secondary N) is 2. The van der Waals surface area contributed by atoms with Crippen LogP contribution in [-0.2, 0) is 17.6 Å². The number of nitrogens with zero attached hydrogens (tertiary/aromatic N) is 2. The molecule has 192 valence electrons. The second-order valence-corrected chi connectivity index (χ2v) is 10.1. The van der Waals surface area contributed by atoms with Gasteiger partial charge in [0.25, 0.3) is 0 Å². The van der Waals surface area contributed by atoms with Crippen molar-refractivity contribution in [3.8, 4) is 5.75 Å². The van der Waals surface area contributed by atoms with Crippen molar-refractivity contribution >= 4 is 35.3 Å². The van der Waals surface area contributed by atoms with Crippen LogP contribution >= 0.6 is 11.6 Å². The van der Waals surface area contributed by atoms with E-state index in [0.29, 0.717) is 43.6 Å². The van der Waals surface area contributed by atoms with Gasteiger partial charge in [0, 0.05) is 37.8 Å². The van der Waals surface area contributed by atoms with E-state index in [2.05, 4.69) is 10.6 Å². The zero-order valence-electron chi connectivity index (χ0n) is 20.4. The number of carbonyl (C=O) groups excluding carboxylic acids is 2. The molecule has 0 bridgehead atoms. The first kappa shape index (κ1) is 25.6. The highest BCUT2D eigenvalue weighted by Gasteiger charge is 2.38. The molecule has 0 radical (unpaired) electrons. The molecule has 1 unspecified atom stereocenters. The maximum atomic E-state index is 13.0. The van der Waals surface area contributed by atoms with E-state index in [1.54, 1.807) is 17.9 Å². The van der Waals surface area contributed by atoms with Crippen LogP contribution in [0.1, 0.15) is 36.5 Å². The molecule has 2 aliphatic heterocycles. The number of piperidine rings is 1. The number of carbonyl (C=O) groups is 3. The summed E-state index contributed by atoms with van der Waals surface area (Å²) < 4.78 is 0. The average Bonchev–Trinajstić information content (AvgIpc) is 3.00. The Bertz CT molecular complexity index is 1160. The zero-order valence-corrected chi connectivity index (χ0v) is 21.1.